The van der Waals surface area contributed by atoms with Crippen molar-refractivity contribution in [3.8, 4) is 11.8 Å². The average Bonchev–Trinajstić information content (AvgIpc) is 3.54. The third-order valence-electron chi connectivity index (χ3n) is 7.16. The molecule has 15 heteroatoms. The van der Waals surface area contributed by atoms with E-state index in [0.717, 1.165) is 12.1 Å². The van der Waals surface area contributed by atoms with E-state index in [1.54, 1.807) is 4.90 Å². The van der Waals surface area contributed by atoms with Gasteiger partial charge in [0.1, 0.15) is 41.7 Å². The Bertz CT molecular complexity index is 1570. The van der Waals surface area contributed by atoms with Crippen molar-refractivity contribution in [1.29, 1.82) is 0 Å². The van der Waals surface area contributed by atoms with Crippen LogP contribution in [-0.2, 0) is 10.2 Å². The fourth-order valence-electron chi connectivity index (χ4n) is 5.20. The first-order valence-electron chi connectivity index (χ1n) is 12.1. The van der Waals surface area contributed by atoms with E-state index < -0.39 is 57.7 Å². The van der Waals surface area contributed by atoms with E-state index in [9.17, 15) is 31.8 Å². The highest BCUT2D eigenvalue weighted by molar-refractivity contribution is 7.87. The van der Waals surface area contributed by atoms with Crippen molar-refractivity contribution in [3.05, 3.63) is 47.4 Å². The van der Waals surface area contributed by atoms with E-state index in [0.29, 0.717) is 6.54 Å². The molecule has 5 rings (SSSR count). The quantitative estimate of drug-likeness (QED) is 0.275. The molecule has 1 aliphatic heterocycles. The zero-order chi connectivity index (χ0) is 28.1. The largest absolute Gasteiger partial charge is 0.390 e. The molecule has 2 fully saturated rings. The molecule has 1 aliphatic carbocycles. The number of nitrogen functional groups attached to an aromatic ring is 1. The summed E-state index contributed by atoms with van der Waals surface area (Å²) in [5.74, 6) is 2.76. The van der Waals surface area contributed by atoms with Gasteiger partial charge < -0.3 is 25.4 Å². The second-order valence-corrected chi connectivity index (χ2v) is 11.1. The summed E-state index contributed by atoms with van der Waals surface area (Å²) in [6.45, 7) is 0.211. The molecular formula is C24H26F3N7O4S. The third kappa shape index (κ3) is 5.38. The molecule has 1 saturated carbocycles. The highest BCUT2D eigenvalue weighted by Gasteiger charge is 2.43. The van der Waals surface area contributed by atoms with Crippen molar-refractivity contribution in [1.82, 2.24) is 19.3 Å². The number of alkyl halides is 1. The number of nitrogens with one attached hydrogen (secondary N) is 1. The van der Waals surface area contributed by atoms with Gasteiger partial charge in [-0.2, -0.15) is 8.42 Å². The number of nitrogens with two attached hydrogens (primary N) is 2. The summed E-state index contributed by atoms with van der Waals surface area (Å²) >= 11 is 0. The highest BCUT2D eigenvalue weighted by Crippen LogP contribution is 2.38. The Hall–Kier alpha value is -3.42. The van der Waals surface area contributed by atoms with Crippen molar-refractivity contribution in [2.75, 3.05) is 30.3 Å². The SMILES string of the molecule is Nc1ncnc2c1c(C#Cc1c(F)cc(N3CC[C@@H](F)C3)cc1F)cn2[C@@H]1C[C@H](CNS(N)(=O)=O)[C@@H](O)[C@H]1O. The van der Waals surface area contributed by atoms with Crippen LogP contribution in [-0.4, -0.2) is 71.2 Å². The lowest BCUT2D eigenvalue weighted by molar-refractivity contribution is 0.00769. The van der Waals surface area contributed by atoms with Crippen LogP contribution >= 0.6 is 0 Å². The molecule has 0 bridgehead atoms. The van der Waals surface area contributed by atoms with Crippen LogP contribution in [0.15, 0.2) is 24.7 Å². The highest BCUT2D eigenvalue weighted by atomic mass is 32.2. The lowest BCUT2D eigenvalue weighted by Gasteiger charge is -2.19. The lowest BCUT2D eigenvalue weighted by Crippen LogP contribution is -2.38. The summed E-state index contributed by atoms with van der Waals surface area (Å²) in [7, 11) is -4.01. The van der Waals surface area contributed by atoms with Crippen LogP contribution in [0.1, 0.15) is 30.0 Å². The topological polar surface area (TPSA) is 173 Å². The van der Waals surface area contributed by atoms with E-state index in [2.05, 4.69) is 26.5 Å². The molecule has 5 atom stereocenters. The molecule has 0 unspecified atom stereocenters. The first-order valence-corrected chi connectivity index (χ1v) is 13.6. The molecule has 1 aromatic carbocycles. The summed E-state index contributed by atoms with van der Waals surface area (Å²) in [6, 6.07) is 1.46. The van der Waals surface area contributed by atoms with Crippen LogP contribution in [0.25, 0.3) is 11.0 Å². The van der Waals surface area contributed by atoms with E-state index in [1.807, 2.05) is 0 Å². The second-order valence-electron chi connectivity index (χ2n) is 9.71. The van der Waals surface area contributed by atoms with Crippen molar-refractivity contribution in [2.45, 2.75) is 37.3 Å². The maximum absolute atomic E-state index is 14.9. The van der Waals surface area contributed by atoms with Crippen LogP contribution in [0.4, 0.5) is 24.7 Å². The first kappa shape index (κ1) is 27.2. The number of hydrogen-bond donors (Lipinski definition) is 5. The maximum atomic E-state index is 14.9. The first-order chi connectivity index (χ1) is 18.4. The Morgan fingerprint density at radius 3 is 2.51 bits per heavy atom. The normalized spacial score (nSPS) is 25.3. The van der Waals surface area contributed by atoms with Gasteiger partial charge in [-0.15, -0.1) is 0 Å². The van der Waals surface area contributed by atoms with Gasteiger partial charge >= 0.3 is 0 Å². The van der Waals surface area contributed by atoms with Crippen LogP contribution in [0.3, 0.4) is 0 Å². The molecule has 39 heavy (non-hydrogen) atoms. The summed E-state index contributed by atoms with van der Waals surface area (Å²) in [6.07, 6.45) is -0.528. The van der Waals surface area contributed by atoms with Crippen molar-refractivity contribution >= 4 is 32.7 Å². The molecule has 0 amide bonds. The lowest BCUT2D eigenvalue weighted by atomic mass is 10.1. The van der Waals surface area contributed by atoms with Gasteiger partial charge in [-0.1, -0.05) is 11.8 Å². The minimum Gasteiger partial charge on any atom is -0.390 e. The van der Waals surface area contributed by atoms with E-state index >= 15 is 0 Å². The fourth-order valence-corrected chi connectivity index (χ4v) is 5.65. The predicted octanol–water partition coefficient (Wildman–Crippen LogP) is 0.316. The second kappa shape index (κ2) is 10.3. The number of hydrogen-bond acceptors (Lipinski definition) is 8. The van der Waals surface area contributed by atoms with Crippen LogP contribution in [0.5, 0.6) is 0 Å². The van der Waals surface area contributed by atoms with Crippen molar-refractivity contribution in [3.63, 3.8) is 0 Å². The summed E-state index contributed by atoms with van der Waals surface area (Å²) in [5, 5.41) is 26.5. The number of aliphatic hydroxyl groups is 2. The Balaban J connectivity index is 1.49. The Kier molecular flexibility index (Phi) is 7.16. The number of halogens is 3. The molecule has 3 aromatic rings. The molecule has 11 nitrogen and oxygen atoms in total. The Labute approximate surface area is 221 Å². The van der Waals surface area contributed by atoms with Gasteiger partial charge in [-0.05, 0) is 25.0 Å². The molecule has 208 valence electrons. The zero-order valence-corrected chi connectivity index (χ0v) is 21.2. The number of aliphatic hydroxyl groups excluding tert-OH is 2. The summed E-state index contributed by atoms with van der Waals surface area (Å²) in [5.41, 5.74) is 6.28. The smallest absolute Gasteiger partial charge is 0.274 e. The molecule has 2 aromatic heterocycles. The number of benzene rings is 1. The van der Waals surface area contributed by atoms with Crippen LogP contribution in [0, 0.1) is 29.4 Å². The number of rotatable bonds is 5. The van der Waals surface area contributed by atoms with E-state index in [4.69, 9.17) is 10.9 Å². The van der Waals surface area contributed by atoms with Gasteiger partial charge in [0.2, 0.25) is 0 Å². The minimum absolute atomic E-state index is 0.0367. The van der Waals surface area contributed by atoms with Gasteiger partial charge in [-0.3, -0.25) is 0 Å². The fraction of sp³-hybridized carbons (Fsp3) is 0.417. The maximum Gasteiger partial charge on any atom is 0.274 e. The minimum atomic E-state index is -4.01. The van der Waals surface area contributed by atoms with Gasteiger partial charge in [0, 0.05) is 37.4 Å². The molecule has 0 radical (unpaired) electrons. The third-order valence-corrected chi connectivity index (χ3v) is 7.73. The zero-order valence-electron chi connectivity index (χ0n) is 20.4. The standard InChI is InChI=1S/C24H26F3N7O4S/c25-14-3-4-33(10-14)15-6-17(26)16(18(27)7-15)2-1-12-9-34(24-20(12)23(28)30-11-31-24)19-5-13(21(35)22(19)36)8-32-39(29,37)38/h6-7,9,11,13-14,19,21-22,32,35-36H,3-5,8,10H2,(H2,28,30,31)(H2,29,37,38)/t13-,14-,19-,21-,22+/m1/s1. The predicted molar refractivity (Wildman–Crippen MR) is 136 cm³/mol. The van der Waals surface area contributed by atoms with Gasteiger partial charge in [-0.25, -0.2) is 33.0 Å². The van der Waals surface area contributed by atoms with E-state index in [-0.39, 0.29) is 54.0 Å². The number of anilines is 2. The molecule has 7 N–H and O–H groups in total. The Morgan fingerprint density at radius 1 is 1.15 bits per heavy atom. The van der Waals surface area contributed by atoms with Gasteiger partial charge in [0.05, 0.1) is 28.7 Å². The van der Waals surface area contributed by atoms with Crippen molar-refractivity contribution in [2.24, 2.45) is 11.1 Å². The molecule has 2 aliphatic rings. The van der Waals surface area contributed by atoms with E-state index in [1.165, 1.54) is 17.1 Å². The van der Waals surface area contributed by atoms with Gasteiger partial charge in [0.25, 0.3) is 10.2 Å². The Morgan fingerprint density at radius 2 is 1.87 bits per heavy atom. The number of aromatic nitrogens is 3. The molecular weight excluding hydrogens is 539 g/mol. The number of fused-ring (bicyclic) bond motifs is 1. The van der Waals surface area contributed by atoms with Crippen LogP contribution < -0.4 is 20.5 Å². The number of nitrogens with zero attached hydrogens (tertiary/aromatic N) is 4. The van der Waals surface area contributed by atoms with Gasteiger partial charge in [0.15, 0.2) is 0 Å². The average molecular weight is 566 g/mol. The van der Waals surface area contributed by atoms with Crippen LogP contribution in [0.2, 0.25) is 0 Å². The molecule has 1 saturated heterocycles. The van der Waals surface area contributed by atoms with Crippen molar-refractivity contribution < 1.29 is 31.8 Å². The molecule has 3 heterocycles. The summed E-state index contributed by atoms with van der Waals surface area (Å²) < 4.78 is 69.5. The molecule has 0 spiro atoms. The summed E-state index contributed by atoms with van der Waals surface area (Å²) in [4.78, 5) is 9.75. The monoisotopic (exact) mass is 565 g/mol.